The molecular formula is C12H10ClNO2S. The zero-order valence-electron chi connectivity index (χ0n) is 9.14. The molecule has 0 aliphatic rings. The molecular weight excluding hydrogens is 258 g/mol. The van der Waals surface area contributed by atoms with E-state index in [1.54, 1.807) is 0 Å². The number of carbonyl (C=O) groups is 1. The van der Waals surface area contributed by atoms with Crippen LogP contribution in [0.25, 0.3) is 10.6 Å². The lowest BCUT2D eigenvalue weighted by molar-refractivity contribution is -0.142. The number of carbonyl (C=O) groups excluding carboxylic acids is 1. The van der Waals surface area contributed by atoms with Crippen molar-refractivity contribution < 1.29 is 9.53 Å². The van der Waals surface area contributed by atoms with Gasteiger partial charge >= 0.3 is 5.97 Å². The Labute approximate surface area is 108 Å². The Morgan fingerprint density at radius 1 is 1.47 bits per heavy atom. The summed E-state index contributed by atoms with van der Waals surface area (Å²) in [6, 6.07) is 7.52. The molecule has 0 radical (unpaired) electrons. The second kappa shape index (κ2) is 5.29. The SMILES string of the molecule is CC(=O)OCc1csc(-c2ccccc2Cl)n1. The molecule has 3 nitrogen and oxygen atoms in total. The van der Waals surface area contributed by atoms with Gasteiger partial charge in [0.25, 0.3) is 0 Å². The molecule has 1 aromatic heterocycles. The van der Waals surface area contributed by atoms with E-state index in [1.165, 1.54) is 18.3 Å². The number of rotatable bonds is 3. The smallest absolute Gasteiger partial charge is 0.303 e. The molecule has 0 amide bonds. The summed E-state index contributed by atoms with van der Waals surface area (Å²) in [7, 11) is 0. The quantitative estimate of drug-likeness (QED) is 0.799. The predicted octanol–water partition coefficient (Wildman–Crippen LogP) is 3.53. The Hall–Kier alpha value is -1.39. The lowest BCUT2D eigenvalue weighted by Gasteiger charge is -1.99. The molecule has 88 valence electrons. The molecule has 0 saturated carbocycles. The lowest BCUT2D eigenvalue weighted by atomic mass is 10.2. The van der Waals surface area contributed by atoms with E-state index in [0.717, 1.165) is 16.3 Å². The first-order valence-corrected chi connectivity index (χ1v) is 6.25. The number of aromatic nitrogens is 1. The molecule has 5 heteroatoms. The number of hydrogen-bond donors (Lipinski definition) is 0. The van der Waals surface area contributed by atoms with Crippen molar-refractivity contribution in [3.05, 3.63) is 40.4 Å². The van der Waals surface area contributed by atoms with Gasteiger partial charge in [0.1, 0.15) is 11.6 Å². The highest BCUT2D eigenvalue weighted by molar-refractivity contribution is 7.13. The number of hydrogen-bond acceptors (Lipinski definition) is 4. The van der Waals surface area contributed by atoms with Crippen LogP contribution in [-0.2, 0) is 16.1 Å². The first kappa shape index (κ1) is 12.1. The van der Waals surface area contributed by atoms with Gasteiger partial charge in [-0.1, -0.05) is 29.8 Å². The molecule has 0 aliphatic carbocycles. The Morgan fingerprint density at radius 3 is 2.94 bits per heavy atom. The fourth-order valence-corrected chi connectivity index (χ4v) is 2.43. The summed E-state index contributed by atoms with van der Waals surface area (Å²) < 4.78 is 4.88. The number of ether oxygens (including phenoxy) is 1. The lowest BCUT2D eigenvalue weighted by Crippen LogP contribution is -1.98. The maximum Gasteiger partial charge on any atom is 0.303 e. The Bertz CT molecular complexity index is 539. The van der Waals surface area contributed by atoms with Crippen LogP contribution in [-0.4, -0.2) is 11.0 Å². The average molecular weight is 268 g/mol. The van der Waals surface area contributed by atoms with Crippen molar-refractivity contribution in [2.24, 2.45) is 0 Å². The molecule has 0 spiro atoms. The van der Waals surface area contributed by atoms with Crippen LogP contribution >= 0.6 is 22.9 Å². The third-order valence-electron chi connectivity index (χ3n) is 2.08. The van der Waals surface area contributed by atoms with E-state index < -0.39 is 0 Å². The highest BCUT2D eigenvalue weighted by Crippen LogP contribution is 2.30. The minimum absolute atomic E-state index is 0.205. The van der Waals surface area contributed by atoms with Gasteiger partial charge in [-0.3, -0.25) is 4.79 Å². The topological polar surface area (TPSA) is 39.2 Å². The van der Waals surface area contributed by atoms with Gasteiger partial charge in [-0.15, -0.1) is 11.3 Å². The number of esters is 1. The van der Waals surface area contributed by atoms with Crippen molar-refractivity contribution in [2.45, 2.75) is 13.5 Å². The molecule has 0 fully saturated rings. The summed E-state index contributed by atoms with van der Waals surface area (Å²) in [5, 5.41) is 3.36. The molecule has 0 unspecified atom stereocenters. The van der Waals surface area contributed by atoms with E-state index in [-0.39, 0.29) is 12.6 Å². The van der Waals surface area contributed by atoms with E-state index in [1.807, 2.05) is 29.6 Å². The second-order valence-corrected chi connectivity index (χ2v) is 4.67. The van der Waals surface area contributed by atoms with Crippen molar-refractivity contribution >= 4 is 28.9 Å². The van der Waals surface area contributed by atoms with Crippen LogP contribution in [0.3, 0.4) is 0 Å². The van der Waals surface area contributed by atoms with Crippen LogP contribution in [0.1, 0.15) is 12.6 Å². The van der Waals surface area contributed by atoms with Crippen LogP contribution in [0.15, 0.2) is 29.6 Å². The molecule has 0 bridgehead atoms. The third-order valence-corrected chi connectivity index (χ3v) is 3.33. The zero-order valence-corrected chi connectivity index (χ0v) is 10.7. The molecule has 2 rings (SSSR count). The maximum atomic E-state index is 10.7. The average Bonchev–Trinajstić information content (AvgIpc) is 2.75. The van der Waals surface area contributed by atoms with Crippen LogP contribution in [0.4, 0.5) is 0 Å². The van der Waals surface area contributed by atoms with Gasteiger partial charge in [0, 0.05) is 17.9 Å². The van der Waals surface area contributed by atoms with E-state index in [9.17, 15) is 4.79 Å². The fourth-order valence-electron chi connectivity index (χ4n) is 1.31. The molecule has 0 atom stereocenters. The second-order valence-electron chi connectivity index (χ2n) is 3.40. The highest BCUT2D eigenvalue weighted by atomic mass is 35.5. The predicted molar refractivity (Wildman–Crippen MR) is 68.0 cm³/mol. The molecule has 0 saturated heterocycles. The number of thiazole rings is 1. The van der Waals surface area contributed by atoms with E-state index in [2.05, 4.69) is 4.98 Å². The van der Waals surface area contributed by atoms with Crippen molar-refractivity contribution in [2.75, 3.05) is 0 Å². The van der Waals surface area contributed by atoms with Crippen molar-refractivity contribution in [1.82, 2.24) is 4.98 Å². The summed E-state index contributed by atoms with van der Waals surface area (Å²) in [4.78, 5) is 15.1. The van der Waals surface area contributed by atoms with Gasteiger partial charge in [-0.2, -0.15) is 0 Å². The fraction of sp³-hybridized carbons (Fsp3) is 0.167. The molecule has 2 aromatic rings. The largest absolute Gasteiger partial charge is 0.459 e. The van der Waals surface area contributed by atoms with Crippen molar-refractivity contribution in [3.63, 3.8) is 0 Å². The molecule has 1 heterocycles. The van der Waals surface area contributed by atoms with Gasteiger partial charge in [0.15, 0.2) is 0 Å². The van der Waals surface area contributed by atoms with Gasteiger partial charge in [-0.25, -0.2) is 4.98 Å². The van der Waals surface area contributed by atoms with Gasteiger partial charge in [0.05, 0.1) is 10.7 Å². The summed E-state index contributed by atoms with van der Waals surface area (Å²) in [6.07, 6.45) is 0. The van der Waals surface area contributed by atoms with Crippen molar-refractivity contribution in [3.8, 4) is 10.6 Å². The minimum Gasteiger partial charge on any atom is -0.459 e. The van der Waals surface area contributed by atoms with E-state index in [4.69, 9.17) is 16.3 Å². The third kappa shape index (κ3) is 3.05. The normalized spacial score (nSPS) is 10.2. The van der Waals surface area contributed by atoms with Gasteiger partial charge < -0.3 is 4.74 Å². The first-order valence-electron chi connectivity index (χ1n) is 4.99. The van der Waals surface area contributed by atoms with Gasteiger partial charge in [0.2, 0.25) is 0 Å². The van der Waals surface area contributed by atoms with Gasteiger partial charge in [-0.05, 0) is 6.07 Å². The summed E-state index contributed by atoms with van der Waals surface area (Å²) in [5.74, 6) is -0.308. The number of halogens is 1. The Morgan fingerprint density at radius 2 is 2.24 bits per heavy atom. The summed E-state index contributed by atoms with van der Waals surface area (Å²) in [5.41, 5.74) is 1.63. The molecule has 1 aromatic carbocycles. The van der Waals surface area contributed by atoms with Crippen LogP contribution in [0, 0.1) is 0 Å². The Balaban J connectivity index is 2.18. The zero-order chi connectivity index (χ0) is 12.3. The minimum atomic E-state index is -0.308. The monoisotopic (exact) mass is 267 g/mol. The molecule has 0 aliphatic heterocycles. The van der Waals surface area contributed by atoms with E-state index >= 15 is 0 Å². The van der Waals surface area contributed by atoms with E-state index in [0.29, 0.717) is 5.02 Å². The highest BCUT2D eigenvalue weighted by Gasteiger charge is 2.08. The maximum absolute atomic E-state index is 10.7. The number of benzene rings is 1. The van der Waals surface area contributed by atoms with Crippen molar-refractivity contribution in [1.29, 1.82) is 0 Å². The molecule has 17 heavy (non-hydrogen) atoms. The summed E-state index contributed by atoms with van der Waals surface area (Å²) in [6.45, 7) is 1.58. The van der Waals surface area contributed by atoms with Crippen LogP contribution < -0.4 is 0 Å². The standard InChI is InChI=1S/C12H10ClNO2S/c1-8(15)16-6-9-7-17-12(14-9)10-4-2-3-5-11(10)13/h2-5,7H,6H2,1H3. The van der Waals surface area contributed by atoms with Crippen LogP contribution in [0.5, 0.6) is 0 Å². The first-order chi connectivity index (χ1) is 8.16. The van der Waals surface area contributed by atoms with Crippen LogP contribution in [0.2, 0.25) is 5.02 Å². The summed E-state index contributed by atoms with van der Waals surface area (Å²) >= 11 is 7.56. The number of nitrogens with zero attached hydrogens (tertiary/aromatic N) is 1. The Kier molecular flexibility index (Phi) is 3.76. The molecule has 0 N–H and O–H groups in total.